The summed E-state index contributed by atoms with van der Waals surface area (Å²) in [6, 6.07) is 12.8. The molecule has 0 aromatic heterocycles. The molecule has 0 aliphatic carbocycles. The first-order valence-corrected chi connectivity index (χ1v) is 8.53. The summed E-state index contributed by atoms with van der Waals surface area (Å²) in [5.41, 5.74) is 4.68. The van der Waals surface area contributed by atoms with Crippen molar-refractivity contribution in [2.45, 2.75) is 53.1 Å². The third-order valence-corrected chi connectivity index (χ3v) is 3.91. The Bertz CT molecular complexity index is 847. The van der Waals surface area contributed by atoms with Crippen LogP contribution in [0, 0.1) is 37.2 Å². The highest BCUT2D eigenvalue weighted by Gasteiger charge is 2.24. The highest BCUT2D eigenvalue weighted by Crippen LogP contribution is 2.37. The molecule has 127 valence electrons. The first kappa shape index (κ1) is 18.7. The first-order chi connectivity index (χ1) is 11.7. The van der Waals surface area contributed by atoms with Crippen LogP contribution in [0.4, 0.5) is 0 Å². The Kier molecular flexibility index (Phi) is 5.61. The Labute approximate surface area is 152 Å². The number of ether oxygens (including phenoxy) is 1. The molecule has 0 aliphatic heterocycles. The van der Waals surface area contributed by atoms with E-state index in [2.05, 4.69) is 50.7 Å². The second-order valence-electron chi connectivity index (χ2n) is 7.40. The van der Waals surface area contributed by atoms with Crippen molar-refractivity contribution in [3.05, 3.63) is 64.2 Å². The molecule has 0 heterocycles. The summed E-state index contributed by atoms with van der Waals surface area (Å²) >= 11 is 0. The van der Waals surface area contributed by atoms with Gasteiger partial charge in [-0.15, -0.1) is 6.42 Å². The van der Waals surface area contributed by atoms with Crippen LogP contribution in [0.1, 0.15) is 62.4 Å². The van der Waals surface area contributed by atoms with Crippen molar-refractivity contribution >= 4 is 0 Å². The normalized spacial score (nSPS) is 10.8. The lowest BCUT2D eigenvalue weighted by Crippen LogP contribution is -2.18. The molecule has 2 rings (SSSR count). The van der Waals surface area contributed by atoms with Crippen LogP contribution < -0.4 is 4.74 Å². The minimum atomic E-state index is -0.0956. The molecule has 0 N–H and O–H groups in total. The Morgan fingerprint density at radius 1 is 1.12 bits per heavy atom. The third kappa shape index (κ3) is 4.46. The van der Waals surface area contributed by atoms with E-state index in [-0.39, 0.29) is 11.5 Å². The zero-order valence-electron chi connectivity index (χ0n) is 15.9. The smallest absolute Gasteiger partial charge is 0.139 e. The Morgan fingerprint density at radius 2 is 1.76 bits per heavy atom. The molecule has 0 atom stereocenters. The highest BCUT2D eigenvalue weighted by molar-refractivity contribution is 5.63. The lowest BCUT2D eigenvalue weighted by Gasteiger charge is -2.26. The minimum absolute atomic E-state index is 0.0603. The molecule has 1 radical (unpaired) electrons. The lowest BCUT2D eigenvalue weighted by molar-refractivity contribution is 0.236. The van der Waals surface area contributed by atoms with E-state index in [0.29, 0.717) is 0 Å². The largest absolute Gasteiger partial charge is 0.489 e. The average molecular weight is 329 g/mol. The van der Waals surface area contributed by atoms with Crippen LogP contribution in [0.5, 0.6) is 5.75 Å². The zero-order valence-corrected chi connectivity index (χ0v) is 15.9. The van der Waals surface area contributed by atoms with Crippen LogP contribution >= 0.6 is 0 Å². The van der Waals surface area contributed by atoms with Crippen molar-refractivity contribution in [2.75, 3.05) is 0 Å². The van der Waals surface area contributed by atoms with Gasteiger partial charge in [0.2, 0.25) is 0 Å². The maximum absolute atomic E-state index is 6.10. The Hall–Kier alpha value is -2.64. The molecule has 0 bridgehead atoms. The number of hydrogen-bond donors (Lipinski definition) is 0. The number of benzene rings is 2. The third-order valence-electron chi connectivity index (χ3n) is 3.91. The van der Waals surface area contributed by atoms with Gasteiger partial charge < -0.3 is 4.74 Å². The van der Waals surface area contributed by atoms with Crippen molar-refractivity contribution < 1.29 is 4.74 Å². The van der Waals surface area contributed by atoms with E-state index in [1.807, 2.05) is 45.0 Å². The average Bonchev–Trinajstić information content (AvgIpc) is 2.53. The molecule has 0 fully saturated rings. The SMILES string of the molecule is C#Cc1c(C)c(C#Cc2cc[c]cc2)cc(C(C)(C)C)c1OC(C)C. The summed E-state index contributed by atoms with van der Waals surface area (Å²) < 4.78 is 6.10. The molecule has 0 saturated heterocycles. The van der Waals surface area contributed by atoms with Crippen LogP contribution in [0.25, 0.3) is 0 Å². The van der Waals surface area contributed by atoms with E-state index < -0.39 is 0 Å². The fraction of sp³-hybridized carbons (Fsp3) is 0.333. The summed E-state index contributed by atoms with van der Waals surface area (Å²) in [4.78, 5) is 0. The second kappa shape index (κ2) is 7.50. The summed E-state index contributed by atoms with van der Waals surface area (Å²) in [7, 11) is 0. The van der Waals surface area contributed by atoms with Gasteiger partial charge in [0.1, 0.15) is 5.75 Å². The topological polar surface area (TPSA) is 9.23 Å². The van der Waals surface area contributed by atoms with Crippen LogP contribution in [-0.2, 0) is 5.41 Å². The minimum Gasteiger partial charge on any atom is -0.489 e. The van der Waals surface area contributed by atoms with Crippen LogP contribution in [0.2, 0.25) is 0 Å². The van der Waals surface area contributed by atoms with E-state index in [0.717, 1.165) is 33.6 Å². The van der Waals surface area contributed by atoms with Gasteiger partial charge in [-0.3, -0.25) is 0 Å². The molecule has 0 spiro atoms. The summed E-state index contributed by atoms with van der Waals surface area (Å²) in [5.74, 6) is 10.1. The summed E-state index contributed by atoms with van der Waals surface area (Å²) in [6.45, 7) is 12.5. The molecule has 1 nitrogen and oxygen atoms in total. The standard InChI is InChI=1S/C24H25O/c1-8-21-18(4)20(15-14-19-12-10-9-11-13-19)16-22(24(5,6)7)23(21)25-17(2)3/h1,10-13,16-17H,2-7H3. The zero-order chi connectivity index (χ0) is 18.6. The van der Waals surface area contributed by atoms with E-state index in [9.17, 15) is 0 Å². The maximum atomic E-state index is 6.10. The molecular weight excluding hydrogens is 304 g/mol. The first-order valence-electron chi connectivity index (χ1n) is 8.53. The highest BCUT2D eigenvalue weighted by atomic mass is 16.5. The van der Waals surface area contributed by atoms with Gasteiger partial charge in [-0.2, -0.15) is 0 Å². The lowest BCUT2D eigenvalue weighted by atomic mass is 9.82. The second-order valence-corrected chi connectivity index (χ2v) is 7.40. The molecule has 0 unspecified atom stereocenters. The molecule has 1 heteroatoms. The van der Waals surface area contributed by atoms with Crippen molar-refractivity contribution in [3.63, 3.8) is 0 Å². The van der Waals surface area contributed by atoms with Crippen LogP contribution in [0.3, 0.4) is 0 Å². The fourth-order valence-electron chi connectivity index (χ4n) is 2.59. The van der Waals surface area contributed by atoms with E-state index in [1.165, 1.54) is 0 Å². The molecule has 0 amide bonds. The van der Waals surface area contributed by atoms with Gasteiger partial charge >= 0.3 is 0 Å². The van der Waals surface area contributed by atoms with Crippen LogP contribution in [-0.4, -0.2) is 6.10 Å². The van der Waals surface area contributed by atoms with Gasteiger partial charge in [-0.05, 0) is 56.0 Å². The van der Waals surface area contributed by atoms with Gasteiger partial charge in [0.15, 0.2) is 0 Å². The molecule has 0 saturated carbocycles. The monoisotopic (exact) mass is 329 g/mol. The maximum Gasteiger partial charge on any atom is 0.139 e. The van der Waals surface area contributed by atoms with Crippen LogP contribution in [0.15, 0.2) is 30.3 Å². The number of hydrogen-bond acceptors (Lipinski definition) is 1. The summed E-state index contributed by atoms with van der Waals surface area (Å²) in [5, 5.41) is 0. The molecule has 25 heavy (non-hydrogen) atoms. The molecular formula is C24H25O. The van der Waals surface area contributed by atoms with Crippen molar-refractivity contribution in [3.8, 4) is 29.9 Å². The fourth-order valence-corrected chi connectivity index (χ4v) is 2.59. The van der Waals surface area contributed by atoms with Gasteiger partial charge in [-0.1, -0.05) is 50.7 Å². The van der Waals surface area contributed by atoms with E-state index >= 15 is 0 Å². The van der Waals surface area contributed by atoms with E-state index in [1.54, 1.807) is 0 Å². The number of rotatable bonds is 2. The quantitative estimate of drug-likeness (QED) is 0.683. The van der Waals surface area contributed by atoms with Crippen molar-refractivity contribution in [1.82, 2.24) is 0 Å². The Morgan fingerprint density at radius 3 is 2.28 bits per heavy atom. The molecule has 0 aliphatic rings. The molecule has 2 aromatic rings. The van der Waals surface area contributed by atoms with E-state index in [4.69, 9.17) is 11.2 Å². The Balaban J connectivity index is 2.68. The predicted molar refractivity (Wildman–Crippen MR) is 105 cm³/mol. The van der Waals surface area contributed by atoms with Gasteiger partial charge in [0.05, 0.1) is 11.7 Å². The van der Waals surface area contributed by atoms with Gasteiger partial charge in [0, 0.05) is 16.7 Å². The predicted octanol–water partition coefficient (Wildman–Crippen LogP) is 5.26. The van der Waals surface area contributed by atoms with Gasteiger partial charge in [-0.25, -0.2) is 0 Å². The van der Waals surface area contributed by atoms with Crippen molar-refractivity contribution in [1.29, 1.82) is 0 Å². The molecule has 2 aromatic carbocycles. The number of terminal acetylenes is 1. The van der Waals surface area contributed by atoms with Crippen molar-refractivity contribution in [2.24, 2.45) is 0 Å². The summed E-state index contributed by atoms with van der Waals surface area (Å²) in [6.07, 6.45) is 5.89. The van der Waals surface area contributed by atoms with Gasteiger partial charge in [0.25, 0.3) is 0 Å².